The minimum absolute atomic E-state index is 0.176. The highest BCUT2D eigenvalue weighted by atomic mass is 35.5. The van der Waals surface area contributed by atoms with Gasteiger partial charge in [-0.15, -0.1) is 0 Å². The maximum atomic E-state index is 12.4. The summed E-state index contributed by atoms with van der Waals surface area (Å²) in [5.41, 5.74) is 0.604. The summed E-state index contributed by atoms with van der Waals surface area (Å²) < 4.78 is 0. The van der Waals surface area contributed by atoms with Gasteiger partial charge in [-0.05, 0) is 37.6 Å². The van der Waals surface area contributed by atoms with Gasteiger partial charge in [0.05, 0.1) is 17.3 Å². The SMILES string of the molecule is CC(C)(C(=O)NCCC(=O)Nc1cccnc1)c1ccccc1Cl. The van der Waals surface area contributed by atoms with E-state index in [9.17, 15) is 9.59 Å². The second-order valence-electron chi connectivity index (χ2n) is 5.90. The van der Waals surface area contributed by atoms with Crippen molar-refractivity contribution in [3.63, 3.8) is 0 Å². The van der Waals surface area contributed by atoms with Crippen molar-refractivity contribution < 1.29 is 9.59 Å². The third kappa shape index (κ3) is 4.55. The lowest BCUT2D eigenvalue weighted by Crippen LogP contribution is -2.41. The lowest BCUT2D eigenvalue weighted by molar-refractivity contribution is -0.125. The summed E-state index contributed by atoms with van der Waals surface area (Å²) in [5, 5.41) is 6.06. The van der Waals surface area contributed by atoms with Gasteiger partial charge in [0.15, 0.2) is 0 Å². The summed E-state index contributed by atoms with van der Waals surface area (Å²) >= 11 is 6.18. The molecule has 2 rings (SSSR count). The van der Waals surface area contributed by atoms with Crippen LogP contribution in [0.1, 0.15) is 25.8 Å². The Morgan fingerprint density at radius 2 is 1.92 bits per heavy atom. The van der Waals surface area contributed by atoms with Gasteiger partial charge in [-0.1, -0.05) is 29.8 Å². The highest BCUT2D eigenvalue weighted by Crippen LogP contribution is 2.29. The molecule has 0 saturated heterocycles. The van der Waals surface area contributed by atoms with Gasteiger partial charge in [0, 0.05) is 24.2 Å². The molecule has 0 aliphatic rings. The molecule has 5 nitrogen and oxygen atoms in total. The Hall–Kier alpha value is -2.40. The van der Waals surface area contributed by atoms with Crippen LogP contribution < -0.4 is 10.6 Å². The second kappa shape index (κ2) is 7.93. The number of hydrogen-bond donors (Lipinski definition) is 2. The summed E-state index contributed by atoms with van der Waals surface area (Å²) in [6, 6.07) is 10.7. The average Bonchev–Trinajstić information content (AvgIpc) is 2.55. The zero-order valence-electron chi connectivity index (χ0n) is 13.7. The smallest absolute Gasteiger partial charge is 0.230 e. The molecule has 0 radical (unpaired) electrons. The lowest BCUT2D eigenvalue weighted by Gasteiger charge is -2.25. The van der Waals surface area contributed by atoms with Crippen molar-refractivity contribution in [2.45, 2.75) is 25.7 Å². The van der Waals surface area contributed by atoms with E-state index in [-0.39, 0.29) is 24.8 Å². The molecule has 126 valence electrons. The van der Waals surface area contributed by atoms with E-state index in [0.29, 0.717) is 10.7 Å². The molecule has 2 amide bonds. The number of amides is 2. The van der Waals surface area contributed by atoms with Crippen LogP contribution in [0.4, 0.5) is 5.69 Å². The first kappa shape index (κ1) is 17.9. The van der Waals surface area contributed by atoms with E-state index in [1.807, 2.05) is 18.2 Å². The van der Waals surface area contributed by atoms with E-state index in [2.05, 4.69) is 15.6 Å². The summed E-state index contributed by atoms with van der Waals surface area (Å²) in [4.78, 5) is 28.2. The molecule has 6 heteroatoms. The van der Waals surface area contributed by atoms with Crippen molar-refractivity contribution in [1.82, 2.24) is 10.3 Å². The van der Waals surface area contributed by atoms with Crippen LogP contribution in [0.3, 0.4) is 0 Å². The maximum absolute atomic E-state index is 12.4. The van der Waals surface area contributed by atoms with Crippen molar-refractivity contribution in [3.05, 3.63) is 59.4 Å². The van der Waals surface area contributed by atoms with Crippen LogP contribution in [0.25, 0.3) is 0 Å². The molecular weight excluding hydrogens is 326 g/mol. The van der Waals surface area contributed by atoms with E-state index >= 15 is 0 Å². The number of carbonyl (C=O) groups is 2. The Morgan fingerprint density at radius 3 is 2.58 bits per heavy atom. The van der Waals surface area contributed by atoms with Crippen LogP contribution in [0.2, 0.25) is 5.02 Å². The number of pyridine rings is 1. The number of rotatable bonds is 6. The molecule has 0 saturated carbocycles. The number of hydrogen-bond acceptors (Lipinski definition) is 3. The molecule has 2 aromatic rings. The maximum Gasteiger partial charge on any atom is 0.230 e. The first-order valence-corrected chi connectivity index (χ1v) is 8.02. The summed E-state index contributed by atoms with van der Waals surface area (Å²) in [5.74, 6) is -0.358. The molecule has 1 heterocycles. The monoisotopic (exact) mass is 345 g/mol. The third-order valence-electron chi connectivity index (χ3n) is 3.70. The average molecular weight is 346 g/mol. The predicted octanol–water partition coefficient (Wildman–Crippen LogP) is 3.16. The quantitative estimate of drug-likeness (QED) is 0.844. The van der Waals surface area contributed by atoms with Gasteiger partial charge < -0.3 is 10.6 Å². The summed E-state index contributed by atoms with van der Waals surface area (Å²) in [6.07, 6.45) is 3.38. The fourth-order valence-corrected chi connectivity index (χ4v) is 2.63. The molecule has 1 aromatic carbocycles. The van der Waals surface area contributed by atoms with Gasteiger partial charge >= 0.3 is 0 Å². The van der Waals surface area contributed by atoms with E-state index in [4.69, 9.17) is 11.6 Å². The summed E-state index contributed by atoms with van der Waals surface area (Å²) in [7, 11) is 0. The van der Waals surface area contributed by atoms with Gasteiger partial charge in [-0.25, -0.2) is 0 Å². The number of benzene rings is 1. The van der Waals surface area contributed by atoms with Crippen LogP contribution in [0, 0.1) is 0 Å². The number of anilines is 1. The topological polar surface area (TPSA) is 71.1 Å². The molecule has 0 aliphatic carbocycles. The number of nitrogens with zero attached hydrogens (tertiary/aromatic N) is 1. The van der Waals surface area contributed by atoms with E-state index in [1.54, 1.807) is 44.4 Å². The van der Waals surface area contributed by atoms with Crippen molar-refractivity contribution >= 4 is 29.1 Å². The second-order valence-corrected chi connectivity index (χ2v) is 6.31. The highest BCUT2D eigenvalue weighted by Gasteiger charge is 2.31. The van der Waals surface area contributed by atoms with Crippen LogP contribution in [0.15, 0.2) is 48.8 Å². The molecule has 0 aliphatic heterocycles. The van der Waals surface area contributed by atoms with Crippen LogP contribution in [-0.4, -0.2) is 23.3 Å². The van der Waals surface area contributed by atoms with Gasteiger partial charge in [-0.3, -0.25) is 14.6 Å². The molecule has 0 spiro atoms. The highest BCUT2D eigenvalue weighted by molar-refractivity contribution is 6.31. The predicted molar refractivity (Wildman–Crippen MR) is 95.0 cm³/mol. The molecular formula is C18H20ClN3O2. The number of aromatic nitrogens is 1. The van der Waals surface area contributed by atoms with Crippen molar-refractivity contribution in [2.24, 2.45) is 0 Å². The molecule has 24 heavy (non-hydrogen) atoms. The third-order valence-corrected chi connectivity index (χ3v) is 4.03. The molecule has 0 fully saturated rings. The van der Waals surface area contributed by atoms with E-state index in [0.717, 1.165) is 5.56 Å². The fourth-order valence-electron chi connectivity index (χ4n) is 2.26. The van der Waals surface area contributed by atoms with Gasteiger partial charge in [-0.2, -0.15) is 0 Å². The van der Waals surface area contributed by atoms with Crippen molar-refractivity contribution in [2.75, 3.05) is 11.9 Å². The molecule has 0 bridgehead atoms. The zero-order chi connectivity index (χ0) is 17.6. The molecule has 0 unspecified atom stereocenters. The van der Waals surface area contributed by atoms with Crippen molar-refractivity contribution in [3.8, 4) is 0 Å². The summed E-state index contributed by atoms with van der Waals surface area (Å²) in [6.45, 7) is 3.86. The lowest BCUT2D eigenvalue weighted by atomic mass is 9.83. The first-order valence-electron chi connectivity index (χ1n) is 7.64. The largest absolute Gasteiger partial charge is 0.355 e. The zero-order valence-corrected chi connectivity index (χ0v) is 14.4. The van der Waals surface area contributed by atoms with E-state index < -0.39 is 5.41 Å². The molecule has 1 aromatic heterocycles. The van der Waals surface area contributed by atoms with Crippen LogP contribution >= 0.6 is 11.6 Å². The first-order chi connectivity index (χ1) is 11.4. The number of nitrogens with one attached hydrogen (secondary N) is 2. The minimum atomic E-state index is -0.780. The number of halogens is 1. The van der Waals surface area contributed by atoms with Crippen molar-refractivity contribution in [1.29, 1.82) is 0 Å². The standard InChI is InChI=1S/C18H20ClN3O2/c1-18(2,14-7-3-4-8-15(14)19)17(24)21-11-9-16(23)22-13-6-5-10-20-12-13/h3-8,10,12H,9,11H2,1-2H3,(H,21,24)(H,22,23). The Kier molecular flexibility index (Phi) is 5.93. The Labute approximate surface area is 146 Å². The normalized spacial score (nSPS) is 11.0. The van der Waals surface area contributed by atoms with Gasteiger partial charge in [0.25, 0.3) is 0 Å². The van der Waals surface area contributed by atoms with Crippen LogP contribution in [-0.2, 0) is 15.0 Å². The Bertz CT molecular complexity index is 717. The minimum Gasteiger partial charge on any atom is -0.355 e. The number of carbonyl (C=O) groups excluding carboxylic acids is 2. The Morgan fingerprint density at radius 1 is 1.17 bits per heavy atom. The fraction of sp³-hybridized carbons (Fsp3) is 0.278. The Balaban J connectivity index is 1.86. The molecule has 2 N–H and O–H groups in total. The van der Waals surface area contributed by atoms with Crippen LogP contribution in [0.5, 0.6) is 0 Å². The van der Waals surface area contributed by atoms with E-state index in [1.165, 1.54) is 0 Å². The van der Waals surface area contributed by atoms with Gasteiger partial charge in [0.1, 0.15) is 0 Å². The van der Waals surface area contributed by atoms with Gasteiger partial charge in [0.2, 0.25) is 11.8 Å². The molecule has 0 atom stereocenters.